The maximum absolute atomic E-state index is 12.3. The summed E-state index contributed by atoms with van der Waals surface area (Å²) in [6.07, 6.45) is 8.92. The number of rotatable bonds is 5. The number of anilines is 1. The molecule has 3 fully saturated rings. The number of carbonyl (C=O) groups is 1. The van der Waals surface area contributed by atoms with Crippen molar-refractivity contribution in [2.24, 2.45) is 11.3 Å². The fourth-order valence-corrected chi connectivity index (χ4v) is 6.04. The second-order valence-corrected chi connectivity index (χ2v) is 10.3. The molecule has 0 aromatic carbocycles. The molecule has 31 heavy (non-hydrogen) atoms. The van der Waals surface area contributed by atoms with Gasteiger partial charge < -0.3 is 19.7 Å². The molecule has 168 valence electrons. The van der Waals surface area contributed by atoms with Gasteiger partial charge in [-0.25, -0.2) is 9.97 Å². The number of carbonyl (C=O) groups excluding carboxylic acids is 1. The minimum atomic E-state index is 0.148. The monoisotopic (exact) mass is 444 g/mol. The summed E-state index contributed by atoms with van der Waals surface area (Å²) in [6, 6.07) is 2.06. The molecule has 3 aliphatic heterocycles. The van der Waals surface area contributed by atoms with Crippen LogP contribution in [0.1, 0.15) is 44.9 Å². The van der Waals surface area contributed by atoms with Crippen LogP contribution in [0.4, 0.5) is 5.82 Å². The summed E-state index contributed by atoms with van der Waals surface area (Å²) in [4.78, 5) is 23.6. The third-order valence-electron chi connectivity index (χ3n) is 7.31. The Hall–Kier alpha value is -1.77. The van der Waals surface area contributed by atoms with Crippen LogP contribution < -0.4 is 10.2 Å². The number of thiophene rings is 1. The van der Waals surface area contributed by atoms with Gasteiger partial charge in [-0.3, -0.25) is 4.79 Å². The zero-order chi connectivity index (χ0) is 21.1. The van der Waals surface area contributed by atoms with Gasteiger partial charge in [-0.2, -0.15) is 0 Å². The molecule has 2 aromatic heterocycles. The van der Waals surface area contributed by atoms with Gasteiger partial charge in [0.1, 0.15) is 12.1 Å². The number of hydrogen-bond acceptors (Lipinski definition) is 7. The fourth-order valence-electron chi connectivity index (χ4n) is 5.18. The van der Waals surface area contributed by atoms with E-state index in [9.17, 15) is 4.79 Å². The Morgan fingerprint density at radius 3 is 2.81 bits per heavy atom. The standard InChI is InChI=1S/C23H32N4O3S/c28-20(13-17-2-10-29-11-3-17)24-14-18-1-5-23(15-30-18)6-8-27(9-7-23)22-21-19(4-12-31-21)25-16-26-22/h4,12,16-18H,1-3,5-11,13-15H2,(H,24,28). The highest BCUT2D eigenvalue weighted by atomic mass is 32.1. The lowest BCUT2D eigenvalue weighted by Gasteiger charge is -2.46. The van der Waals surface area contributed by atoms with Crippen molar-refractivity contribution < 1.29 is 14.3 Å². The number of amides is 1. The number of nitrogens with one attached hydrogen (secondary N) is 1. The van der Waals surface area contributed by atoms with E-state index in [4.69, 9.17) is 9.47 Å². The van der Waals surface area contributed by atoms with E-state index in [0.29, 0.717) is 18.9 Å². The van der Waals surface area contributed by atoms with Crippen molar-refractivity contribution in [3.8, 4) is 0 Å². The first-order valence-corrected chi connectivity index (χ1v) is 12.5. The van der Waals surface area contributed by atoms with Crippen LogP contribution in [0.25, 0.3) is 10.2 Å². The molecule has 0 aliphatic carbocycles. The summed E-state index contributed by atoms with van der Waals surface area (Å²) in [5.41, 5.74) is 1.32. The fraction of sp³-hybridized carbons (Fsp3) is 0.696. The summed E-state index contributed by atoms with van der Waals surface area (Å²) in [6.45, 7) is 5.05. The van der Waals surface area contributed by atoms with E-state index in [1.165, 1.54) is 11.1 Å². The summed E-state index contributed by atoms with van der Waals surface area (Å²) in [5, 5.41) is 5.20. The second kappa shape index (κ2) is 9.38. The Labute approximate surface area is 187 Å². The Kier molecular flexibility index (Phi) is 6.39. The number of hydrogen-bond donors (Lipinski definition) is 1. The molecule has 1 atom stereocenters. The Balaban J connectivity index is 1.07. The zero-order valence-electron chi connectivity index (χ0n) is 18.1. The Morgan fingerprint density at radius 1 is 1.19 bits per heavy atom. The first kappa shape index (κ1) is 21.1. The number of ether oxygens (including phenoxy) is 2. The Bertz CT molecular complexity index is 880. The van der Waals surface area contributed by atoms with Crippen LogP contribution in [-0.2, 0) is 14.3 Å². The van der Waals surface area contributed by atoms with Crippen LogP contribution in [0.5, 0.6) is 0 Å². The molecule has 7 nitrogen and oxygen atoms in total. The van der Waals surface area contributed by atoms with Gasteiger partial charge in [-0.05, 0) is 61.3 Å². The topological polar surface area (TPSA) is 76.6 Å². The van der Waals surface area contributed by atoms with E-state index in [1.807, 2.05) is 0 Å². The van der Waals surface area contributed by atoms with Gasteiger partial charge in [0.25, 0.3) is 0 Å². The van der Waals surface area contributed by atoms with E-state index in [-0.39, 0.29) is 17.4 Å². The molecule has 3 saturated heterocycles. The van der Waals surface area contributed by atoms with Gasteiger partial charge in [0, 0.05) is 39.3 Å². The highest BCUT2D eigenvalue weighted by Gasteiger charge is 2.39. The van der Waals surface area contributed by atoms with Crippen molar-refractivity contribution in [3.63, 3.8) is 0 Å². The van der Waals surface area contributed by atoms with Gasteiger partial charge in [0.2, 0.25) is 5.91 Å². The maximum Gasteiger partial charge on any atom is 0.220 e. The maximum atomic E-state index is 12.3. The van der Waals surface area contributed by atoms with E-state index >= 15 is 0 Å². The zero-order valence-corrected chi connectivity index (χ0v) is 18.9. The largest absolute Gasteiger partial charge is 0.381 e. The van der Waals surface area contributed by atoms with E-state index in [0.717, 1.165) is 76.3 Å². The van der Waals surface area contributed by atoms with Gasteiger partial charge in [0.05, 0.1) is 22.9 Å². The molecule has 0 saturated carbocycles. The normalized spacial score (nSPS) is 24.5. The number of piperidine rings is 1. The summed E-state index contributed by atoms with van der Waals surface area (Å²) >= 11 is 1.72. The smallest absolute Gasteiger partial charge is 0.220 e. The lowest BCUT2D eigenvalue weighted by atomic mass is 9.73. The first-order valence-electron chi connectivity index (χ1n) is 11.6. The molecule has 1 N–H and O–H groups in total. The van der Waals surface area contributed by atoms with Crippen LogP contribution in [0, 0.1) is 11.3 Å². The van der Waals surface area contributed by atoms with E-state index in [2.05, 4.69) is 31.6 Å². The average molecular weight is 445 g/mol. The van der Waals surface area contributed by atoms with E-state index < -0.39 is 0 Å². The molecule has 0 radical (unpaired) electrons. The van der Waals surface area contributed by atoms with Crippen LogP contribution in [-0.4, -0.2) is 61.4 Å². The van der Waals surface area contributed by atoms with Crippen molar-refractivity contribution in [3.05, 3.63) is 17.8 Å². The van der Waals surface area contributed by atoms with Crippen LogP contribution in [0.15, 0.2) is 17.8 Å². The van der Waals surface area contributed by atoms with Crippen molar-refractivity contribution in [1.82, 2.24) is 15.3 Å². The highest BCUT2D eigenvalue weighted by Crippen LogP contribution is 2.42. The lowest BCUT2D eigenvalue weighted by molar-refractivity contribution is -0.124. The molecule has 1 amide bonds. The minimum Gasteiger partial charge on any atom is -0.381 e. The van der Waals surface area contributed by atoms with E-state index in [1.54, 1.807) is 17.7 Å². The number of fused-ring (bicyclic) bond motifs is 1. The molecule has 3 aliphatic rings. The van der Waals surface area contributed by atoms with Crippen LogP contribution >= 0.6 is 11.3 Å². The molecule has 1 unspecified atom stereocenters. The summed E-state index contributed by atoms with van der Waals surface area (Å²) in [5.74, 6) is 1.71. The van der Waals surface area contributed by atoms with Crippen molar-refractivity contribution in [2.45, 2.75) is 51.0 Å². The predicted octanol–water partition coefficient (Wildman–Crippen LogP) is 3.39. The molecule has 5 heterocycles. The molecular weight excluding hydrogens is 412 g/mol. The quantitative estimate of drug-likeness (QED) is 0.762. The molecule has 1 spiro atoms. The Morgan fingerprint density at radius 2 is 2.03 bits per heavy atom. The molecular formula is C23H32N4O3S. The van der Waals surface area contributed by atoms with Gasteiger partial charge in [-0.15, -0.1) is 11.3 Å². The summed E-state index contributed by atoms with van der Waals surface area (Å²) in [7, 11) is 0. The molecule has 8 heteroatoms. The second-order valence-electron chi connectivity index (χ2n) is 9.35. The lowest BCUT2D eigenvalue weighted by Crippen LogP contribution is -2.48. The van der Waals surface area contributed by atoms with Crippen molar-refractivity contribution in [1.29, 1.82) is 0 Å². The van der Waals surface area contributed by atoms with Gasteiger partial charge >= 0.3 is 0 Å². The van der Waals surface area contributed by atoms with Crippen molar-refractivity contribution >= 4 is 33.3 Å². The highest BCUT2D eigenvalue weighted by molar-refractivity contribution is 7.17. The number of nitrogens with zero attached hydrogens (tertiary/aromatic N) is 3. The van der Waals surface area contributed by atoms with Crippen molar-refractivity contribution in [2.75, 3.05) is 44.4 Å². The average Bonchev–Trinajstić information content (AvgIpc) is 3.29. The predicted molar refractivity (Wildman–Crippen MR) is 121 cm³/mol. The first-order chi connectivity index (χ1) is 15.2. The SMILES string of the molecule is O=C(CC1CCOCC1)NCC1CCC2(CCN(c3ncnc4ccsc34)CC2)CO1. The minimum absolute atomic E-state index is 0.148. The third-order valence-corrected chi connectivity index (χ3v) is 8.21. The van der Waals surface area contributed by atoms with Crippen LogP contribution in [0.3, 0.4) is 0 Å². The van der Waals surface area contributed by atoms with Gasteiger partial charge in [0.15, 0.2) is 0 Å². The van der Waals surface area contributed by atoms with Gasteiger partial charge in [-0.1, -0.05) is 0 Å². The molecule has 5 rings (SSSR count). The molecule has 0 bridgehead atoms. The number of aromatic nitrogens is 2. The third kappa shape index (κ3) is 4.86. The summed E-state index contributed by atoms with van der Waals surface area (Å²) < 4.78 is 12.8. The van der Waals surface area contributed by atoms with Crippen LogP contribution in [0.2, 0.25) is 0 Å². The molecule has 2 aromatic rings.